The number of hydrogen-bond acceptors (Lipinski definition) is 3. The van der Waals surface area contributed by atoms with Gasteiger partial charge in [0.15, 0.2) is 0 Å². The average Bonchev–Trinajstić information content (AvgIpc) is 3.01. The molecule has 3 heteroatoms. The quantitative estimate of drug-likeness (QED) is 0.217. The predicted octanol–water partition coefficient (Wildman–Crippen LogP) is 7.30. The number of unbranched alkanes of at least 4 members (excludes halogenated alkanes) is 12. The molecule has 152 valence electrons. The zero-order chi connectivity index (χ0) is 18.9. The normalized spacial score (nSPS) is 17.4. The Kier molecular flexibility index (Phi) is 14.6. The second kappa shape index (κ2) is 16.4. The van der Waals surface area contributed by atoms with Gasteiger partial charge in [-0.05, 0) is 38.5 Å². The highest BCUT2D eigenvalue weighted by Crippen LogP contribution is 2.15. The summed E-state index contributed by atoms with van der Waals surface area (Å²) in [5.41, 5.74) is 0. The number of aliphatic imine (C=N–C) groups is 1. The van der Waals surface area contributed by atoms with E-state index in [1.807, 2.05) is 0 Å². The average molecular weight is 365 g/mol. The molecule has 1 heterocycles. The third-order valence-corrected chi connectivity index (χ3v) is 5.40. The molecule has 0 aliphatic carbocycles. The van der Waals surface area contributed by atoms with Gasteiger partial charge >= 0.3 is 0 Å². The highest BCUT2D eigenvalue weighted by molar-refractivity contribution is 5.82. The number of allylic oxidation sites excluding steroid dienone is 2. The summed E-state index contributed by atoms with van der Waals surface area (Å²) in [5, 5.41) is 11.2. The maximum atomic E-state index is 9.81. The van der Waals surface area contributed by atoms with Crippen molar-refractivity contribution in [2.75, 3.05) is 6.54 Å². The van der Waals surface area contributed by atoms with Gasteiger partial charge < -0.3 is 0 Å². The molecule has 0 saturated carbocycles. The lowest BCUT2D eigenvalue weighted by molar-refractivity contribution is -0.0104. The van der Waals surface area contributed by atoms with Gasteiger partial charge in [0.2, 0.25) is 0 Å². The summed E-state index contributed by atoms with van der Waals surface area (Å²) >= 11 is 0. The molecular weight excluding hydrogens is 320 g/mol. The molecule has 0 spiro atoms. The van der Waals surface area contributed by atoms with Crippen LogP contribution in [-0.2, 0) is 0 Å². The van der Waals surface area contributed by atoms with Crippen LogP contribution in [0.4, 0.5) is 0 Å². The Bertz CT molecular complexity index is 378. The van der Waals surface area contributed by atoms with Crippen molar-refractivity contribution in [2.24, 2.45) is 4.99 Å². The van der Waals surface area contributed by atoms with Gasteiger partial charge in [0.1, 0.15) is 5.84 Å². The van der Waals surface area contributed by atoms with Gasteiger partial charge in [0, 0.05) is 6.42 Å². The van der Waals surface area contributed by atoms with E-state index in [2.05, 4.69) is 31.0 Å². The van der Waals surface area contributed by atoms with Gasteiger partial charge in [0.25, 0.3) is 0 Å². The first kappa shape index (κ1) is 23.2. The van der Waals surface area contributed by atoms with E-state index in [0.29, 0.717) is 12.6 Å². The summed E-state index contributed by atoms with van der Waals surface area (Å²) in [5.74, 6) is 0.910. The van der Waals surface area contributed by atoms with Gasteiger partial charge in [-0.25, -0.2) is 5.06 Å². The van der Waals surface area contributed by atoms with E-state index in [-0.39, 0.29) is 0 Å². The van der Waals surface area contributed by atoms with Gasteiger partial charge in [0.05, 0.1) is 12.6 Å². The lowest BCUT2D eigenvalue weighted by Gasteiger charge is -2.11. The van der Waals surface area contributed by atoms with Crippen molar-refractivity contribution < 1.29 is 5.21 Å². The first-order valence-corrected chi connectivity index (χ1v) is 11.5. The minimum Gasteiger partial charge on any atom is -0.287 e. The van der Waals surface area contributed by atoms with E-state index in [0.717, 1.165) is 25.1 Å². The van der Waals surface area contributed by atoms with Crippen molar-refractivity contribution >= 4 is 5.84 Å². The number of hydrogen-bond donors (Lipinski definition) is 1. The molecule has 1 unspecified atom stereocenters. The van der Waals surface area contributed by atoms with E-state index >= 15 is 0 Å². The molecule has 0 aromatic carbocycles. The fraction of sp³-hybridized carbons (Fsp3) is 0.870. The van der Waals surface area contributed by atoms with E-state index in [1.165, 1.54) is 88.5 Å². The molecule has 0 amide bonds. The lowest BCUT2D eigenvalue weighted by Crippen LogP contribution is -2.25. The highest BCUT2D eigenvalue weighted by atomic mass is 16.5. The monoisotopic (exact) mass is 364 g/mol. The van der Waals surface area contributed by atoms with Crippen LogP contribution in [0.3, 0.4) is 0 Å². The van der Waals surface area contributed by atoms with Gasteiger partial charge in [-0.15, -0.1) is 0 Å². The molecule has 0 radical (unpaired) electrons. The molecule has 1 aliphatic heterocycles. The third-order valence-electron chi connectivity index (χ3n) is 5.40. The van der Waals surface area contributed by atoms with Crippen LogP contribution in [0.25, 0.3) is 0 Å². The minimum absolute atomic E-state index is 0.309. The SMILES string of the molecule is CCCCCCCC/C=C\CCCCCCCCC1=NC(CC)CN1O. The Hall–Kier alpha value is -0.830. The molecule has 3 nitrogen and oxygen atoms in total. The van der Waals surface area contributed by atoms with Crippen molar-refractivity contribution in [3.63, 3.8) is 0 Å². The fourth-order valence-corrected chi connectivity index (χ4v) is 3.57. The largest absolute Gasteiger partial charge is 0.287 e. The van der Waals surface area contributed by atoms with Crippen LogP contribution in [0.2, 0.25) is 0 Å². The summed E-state index contributed by atoms with van der Waals surface area (Å²) < 4.78 is 0. The molecule has 0 fully saturated rings. The van der Waals surface area contributed by atoms with E-state index in [4.69, 9.17) is 0 Å². The number of nitrogens with zero attached hydrogens (tertiary/aromatic N) is 2. The van der Waals surface area contributed by atoms with Gasteiger partial charge in [-0.2, -0.15) is 0 Å². The molecule has 1 atom stereocenters. The van der Waals surface area contributed by atoms with Crippen molar-refractivity contribution in [3.05, 3.63) is 12.2 Å². The summed E-state index contributed by atoms with van der Waals surface area (Å²) in [6.07, 6.45) is 25.4. The first-order valence-electron chi connectivity index (χ1n) is 11.5. The summed E-state index contributed by atoms with van der Waals surface area (Å²) in [7, 11) is 0. The Balaban J connectivity index is 1.81. The molecular formula is C23H44N2O. The maximum Gasteiger partial charge on any atom is 0.124 e. The van der Waals surface area contributed by atoms with Crippen molar-refractivity contribution in [3.8, 4) is 0 Å². The van der Waals surface area contributed by atoms with Crippen LogP contribution < -0.4 is 0 Å². The number of amidine groups is 1. The Morgan fingerprint density at radius 1 is 0.846 bits per heavy atom. The molecule has 0 aromatic rings. The fourth-order valence-electron chi connectivity index (χ4n) is 3.57. The molecule has 0 saturated heterocycles. The summed E-state index contributed by atoms with van der Waals surface area (Å²) in [6, 6.07) is 0.309. The van der Waals surface area contributed by atoms with Crippen LogP contribution >= 0.6 is 0 Å². The Labute approximate surface area is 162 Å². The van der Waals surface area contributed by atoms with Gasteiger partial charge in [-0.3, -0.25) is 10.2 Å². The molecule has 0 bridgehead atoms. The highest BCUT2D eigenvalue weighted by Gasteiger charge is 2.21. The molecule has 0 aromatic heterocycles. The van der Waals surface area contributed by atoms with Crippen LogP contribution in [0.1, 0.15) is 117 Å². The Morgan fingerprint density at radius 3 is 1.92 bits per heavy atom. The molecule has 26 heavy (non-hydrogen) atoms. The smallest absolute Gasteiger partial charge is 0.124 e. The first-order chi connectivity index (χ1) is 12.8. The summed E-state index contributed by atoms with van der Waals surface area (Å²) in [4.78, 5) is 4.58. The summed E-state index contributed by atoms with van der Waals surface area (Å²) in [6.45, 7) is 5.10. The molecule has 1 aliphatic rings. The van der Waals surface area contributed by atoms with E-state index < -0.39 is 0 Å². The van der Waals surface area contributed by atoms with Crippen molar-refractivity contribution in [1.29, 1.82) is 0 Å². The molecule has 1 N–H and O–H groups in total. The number of hydroxylamine groups is 2. The second-order valence-corrected chi connectivity index (χ2v) is 7.88. The van der Waals surface area contributed by atoms with Crippen LogP contribution in [0, 0.1) is 0 Å². The Morgan fingerprint density at radius 2 is 1.38 bits per heavy atom. The van der Waals surface area contributed by atoms with Crippen LogP contribution in [0.5, 0.6) is 0 Å². The van der Waals surface area contributed by atoms with Crippen LogP contribution in [-0.4, -0.2) is 28.7 Å². The van der Waals surface area contributed by atoms with Crippen molar-refractivity contribution in [1.82, 2.24) is 5.06 Å². The zero-order valence-corrected chi connectivity index (χ0v) is 17.6. The zero-order valence-electron chi connectivity index (χ0n) is 17.6. The number of rotatable bonds is 17. The van der Waals surface area contributed by atoms with Gasteiger partial charge in [-0.1, -0.05) is 83.8 Å². The predicted molar refractivity (Wildman–Crippen MR) is 114 cm³/mol. The second-order valence-electron chi connectivity index (χ2n) is 7.88. The maximum absolute atomic E-state index is 9.81. The molecule has 1 rings (SSSR count). The lowest BCUT2D eigenvalue weighted by atomic mass is 10.1. The topological polar surface area (TPSA) is 35.8 Å². The third kappa shape index (κ3) is 11.7. The van der Waals surface area contributed by atoms with Crippen molar-refractivity contribution in [2.45, 2.75) is 123 Å². The van der Waals surface area contributed by atoms with E-state index in [9.17, 15) is 5.21 Å². The minimum atomic E-state index is 0.309. The van der Waals surface area contributed by atoms with Crippen LogP contribution in [0.15, 0.2) is 17.1 Å². The van der Waals surface area contributed by atoms with E-state index in [1.54, 1.807) is 0 Å². The standard InChI is InChI=1S/C23H44N2O/c1-3-5-6-7-8-9-10-11-12-13-14-15-16-17-18-19-20-23-24-22(4-2)21-25(23)26/h11-12,22,26H,3-10,13-21H2,1-2H3/b12-11-.